The van der Waals surface area contributed by atoms with Crippen LogP contribution in [0.25, 0.3) is 0 Å². The van der Waals surface area contributed by atoms with E-state index in [-0.39, 0.29) is 0 Å². The highest BCUT2D eigenvalue weighted by molar-refractivity contribution is 7.10. The Labute approximate surface area is 110 Å². The first-order chi connectivity index (χ1) is 8.60. The Balaban J connectivity index is 2.36. The van der Waals surface area contributed by atoms with Crippen molar-refractivity contribution in [2.24, 2.45) is 0 Å². The second-order valence-corrected chi connectivity index (χ2v) is 4.67. The number of rotatable bonds is 3. The monoisotopic (exact) mass is 260 g/mol. The molecule has 1 unspecified atom stereocenters. The van der Waals surface area contributed by atoms with Gasteiger partial charge in [-0.05, 0) is 50.1 Å². The first-order valence-electron chi connectivity index (χ1n) is 5.82. The van der Waals surface area contributed by atoms with E-state index in [2.05, 4.69) is 22.5 Å². The molecule has 0 radical (unpaired) electrons. The van der Waals surface area contributed by atoms with Gasteiger partial charge in [0.15, 0.2) is 11.5 Å². The summed E-state index contributed by atoms with van der Waals surface area (Å²) in [6.45, 7) is 6.14. The fourth-order valence-electron chi connectivity index (χ4n) is 1.82. The van der Waals surface area contributed by atoms with E-state index in [0.717, 1.165) is 22.6 Å². The van der Waals surface area contributed by atoms with E-state index >= 15 is 0 Å². The maximum Gasteiger partial charge on any atom is 0.169 e. The van der Waals surface area contributed by atoms with Crippen molar-refractivity contribution in [3.05, 3.63) is 53.1 Å². The normalized spacial score (nSPS) is 10.2. The van der Waals surface area contributed by atoms with Crippen LogP contribution in [0, 0.1) is 20.8 Å². The average molecular weight is 260 g/mol. The number of ether oxygens (including phenoxy) is 1. The molecule has 0 aromatic heterocycles. The predicted molar refractivity (Wildman–Crippen MR) is 77.5 cm³/mol. The van der Waals surface area contributed by atoms with Gasteiger partial charge in [-0.25, -0.2) is 0 Å². The van der Waals surface area contributed by atoms with Crippen molar-refractivity contribution < 1.29 is 9.26 Å². The third kappa shape index (κ3) is 2.83. The molecule has 0 spiro atoms. The van der Waals surface area contributed by atoms with Gasteiger partial charge in [0.1, 0.15) is 5.75 Å². The van der Waals surface area contributed by atoms with Crippen LogP contribution in [-0.2, 0) is 0 Å². The van der Waals surface area contributed by atoms with Crippen molar-refractivity contribution in [2.75, 3.05) is 0 Å². The molecule has 2 aromatic rings. The van der Waals surface area contributed by atoms with Crippen LogP contribution in [0.4, 0.5) is 0 Å². The summed E-state index contributed by atoms with van der Waals surface area (Å²) in [4.78, 5) is 0. The Bertz CT molecular complexity index is 564. The highest BCUT2D eigenvalue weighted by Crippen LogP contribution is 2.34. The minimum atomic E-state index is 0.713. The molecule has 0 aliphatic carbocycles. The summed E-state index contributed by atoms with van der Waals surface area (Å²) in [6, 6.07) is 12.0. The molecule has 0 amide bonds. The number of benzene rings is 2. The number of hydrogen-bond acceptors (Lipinski definition) is 2. The van der Waals surface area contributed by atoms with Crippen LogP contribution >= 0.6 is 9.47 Å². The summed E-state index contributed by atoms with van der Waals surface area (Å²) in [5, 5.41) is 0. The summed E-state index contributed by atoms with van der Waals surface area (Å²) in [6.07, 6.45) is 0. The molecule has 0 heterocycles. The summed E-state index contributed by atoms with van der Waals surface area (Å²) in [5.41, 5.74) is 3.48. The standard InChI is InChI=1S/C15H17O2P/c1-10-4-6-13(12(3)8-10)16-15-9-11(2)5-7-14(15)17-18/h4-9H,18H2,1-3H3. The Morgan fingerprint density at radius 2 is 1.39 bits per heavy atom. The minimum absolute atomic E-state index is 0.713. The second kappa shape index (κ2) is 5.41. The van der Waals surface area contributed by atoms with Gasteiger partial charge < -0.3 is 9.26 Å². The smallest absolute Gasteiger partial charge is 0.169 e. The fraction of sp³-hybridized carbons (Fsp3) is 0.200. The van der Waals surface area contributed by atoms with Crippen LogP contribution in [0.2, 0.25) is 0 Å². The van der Waals surface area contributed by atoms with Crippen molar-refractivity contribution in [3.63, 3.8) is 0 Å². The minimum Gasteiger partial charge on any atom is -0.476 e. The molecule has 2 aromatic carbocycles. The third-order valence-electron chi connectivity index (χ3n) is 2.78. The maximum atomic E-state index is 5.93. The van der Waals surface area contributed by atoms with Gasteiger partial charge in [0.2, 0.25) is 0 Å². The molecular weight excluding hydrogens is 243 g/mol. The molecule has 1 atom stereocenters. The lowest BCUT2D eigenvalue weighted by atomic mass is 10.1. The van der Waals surface area contributed by atoms with E-state index in [9.17, 15) is 0 Å². The van der Waals surface area contributed by atoms with Crippen LogP contribution in [0.1, 0.15) is 16.7 Å². The van der Waals surface area contributed by atoms with Crippen molar-refractivity contribution in [3.8, 4) is 17.2 Å². The SMILES string of the molecule is Cc1ccc(Oc2cc(C)ccc2OP)c(C)c1. The van der Waals surface area contributed by atoms with E-state index in [0.29, 0.717) is 5.75 Å². The van der Waals surface area contributed by atoms with Gasteiger partial charge in [-0.15, -0.1) is 0 Å². The highest BCUT2D eigenvalue weighted by atomic mass is 31.0. The van der Waals surface area contributed by atoms with Crippen LogP contribution < -0.4 is 9.26 Å². The molecule has 0 bridgehead atoms. The van der Waals surface area contributed by atoms with Crippen LogP contribution in [0.15, 0.2) is 36.4 Å². The van der Waals surface area contributed by atoms with Gasteiger partial charge in [-0.1, -0.05) is 23.8 Å². The molecule has 2 nitrogen and oxygen atoms in total. The van der Waals surface area contributed by atoms with E-state index in [4.69, 9.17) is 9.26 Å². The molecule has 0 aliphatic rings. The Kier molecular flexibility index (Phi) is 3.88. The molecule has 0 fully saturated rings. The Morgan fingerprint density at radius 3 is 2.00 bits per heavy atom. The predicted octanol–water partition coefficient (Wildman–Crippen LogP) is 4.57. The molecule has 3 heteroatoms. The van der Waals surface area contributed by atoms with E-state index < -0.39 is 0 Å². The fourth-order valence-corrected chi connectivity index (χ4v) is 2.02. The summed E-state index contributed by atoms with van der Waals surface area (Å²) < 4.78 is 11.2. The zero-order valence-corrected chi connectivity index (χ0v) is 12.0. The molecule has 18 heavy (non-hydrogen) atoms. The molecule has 0 saturated heterocycles. The van der Waals surface area contributed by atoms with Crippen molar-refractivity contribution in [1.29, 1.82) is 0 Å². The molecule has 0 aliphatic heterocycles. The highest BCUT2D eigenvalue weighted by Gasteiger charge is 2.07. The van der Waals surface area contributed by atoms with Crippen LogP contribution in [-0.4, -0.2) is 0 Å². The zero-order valence-electron chi connectivity index (χ0n) is 10.9. The Morgan fingerprint density at radius 1 is 0.778 bits per heavy atom. The van der Waals surface area contributed by atoms with Crippen LogP contribution in [0.3, 0.4) is 0 Å². The molecule has 0 N–H and O–H groups in total. The molecule has 94 valence electrons. The van der Waals surface area contributed by atoms with Crippen molar-refractivity contribution in [2.45, 2.75) is 20.8 Å². The molecular formula is C15H17O2P. The van der Waals surface area contributed by atoms with Gasteiger partial charge in [-0.2, -0.15) is 0 Å². The van der Waals surface area contributed by atoms with Crippen LogP contribution in [0.5, 0.6) is 17.2 Å². The van der Waals surface area contributed by atoms with Gasteiger partial charge >= 0.3 is 0 Å². The quantitative estimate of drug-likeness (QED) is 0.752. The van der Waals surface area contributed by atoms with E-state index in [1.165, 1.54) is 5.56 Å². The summed E-state index contributed by atoms with van der Waals surface area (Å²) in [5.74, 6) is 2.30. The van der Waals surface area contributed by atoms with Gasteiger partial charge in [0, 0.05) is 0 Å². The summed E-state index contributed by atoms with van der Waals surface area (Å²) in [7, 11) is 2.25. The lowest BCUT2D eigenvalue weighted by Gasteiger charge is -2.13. The zero-order chi connectivity index (χ0) is 13.1. The van der Waals surface area contributed by atoms with Gasteiger partial charge in [-0.3, -0.25) is 0 Å². The molecule has 0 saturated carbocycles. The number of aryl methyl sites for hydroxylation is 3. The Hall–Kier alpha value is -1.53. The van der Waals surface area contributed by atoms with Crippen molar-refractivity contribution in [1.82, 2.24) is 0 Å². The first-order valence-corrected chi connectivity index (χ1v) is 6.30. The van der Waals surface area contributed by atoms with Crippen molar-refractivity contribution >= 4 is 9.47 Å². The average Bonchev–Trinajstić information content (AvgIpc) is 2.33. The summed E-state index contributed by atoms with van der Waals surface area (Å²) >= 11 is 0. The first kappa shape index (κ1) is 12.9. The van der Waals surface area contributed by atoms with E-state index in [1.807, 2.05) is 44.2 Å². The lowest BCUT2D eigenvalue weighted by Crippen LogP contribution is -1.91. The third-order valence-corrected chi connectivity index (χ3v) is 3.03. The second-order valence-electron chi connectivity index (χ2n) is 4.44. The maximum absolute atomic E-state index is 5.93. The molecule has 2 rings (SSSR count). The van der Waals surface area contributed by atoms with E-state index in [1.54, 1.807) is 0 Å². The van der Waals surface area contributed by atoms with Gasteiger partial charge in [0.25, 0.3) is 0 Å². The lowest BCUT2D eigenvalue weighted by molar-refractivity contribution is 0.455. The topological polar surface area (TPSA) is 18.5 Å². The largest absolute Gasteiger partial charge is 0.476 e. The number of hydrogen-bond donors (Lipinski definition) is 0. The van der Waals surface area contributed by atoms with Gasteiger partial charge in [0.05, 0.1) is 9.47 Å².